The molecule has 19 heteroatoms. The SMILES string of the molecule is CC[C@H](C)[C@H](NC(=O)CN)C(=O)N[C@@H](C)C(=O)N[C@H](C(=O)N[C@@H](CO)C(=O)N[C@H](C(=O)N[C@@H](C)C(=O)NCC(=O)O)[C@@H](C)O)C(C)C. The minimum absolute atomic E-state index is 0.289. The van der Waals surface area contributed by atoms with E-state index >= 15 is 0 Å². The molecule has 0 aliphatic carbocycles. The summed E-state index contributed by atoms with van der Waals surface area (Å²) in [4.78, 5) is 99.0. The Bertz CT molecular complexity index is 1130. The summed E-state index contributed by atoms with van der Waals surface area (Å²) < 4.78 is 0. The van der Waals surface area contributed by atoms with Crippen molar-refractivity contribution in [1.82, 2.24) is 37.2 Å². The zero-order valence-electron chi connectivity index (χ0n) is 27.7. The third-order valence-corrected chi connectivity index (χ3v) is 7.04. The van der Waals surface area contributed by atoms with Crippen LogP contribution in [0.25, 0.3) is 0 Å². The number of amides is 7. The molecule has 0 aromatic heterocycles. The van der Waals surface area contributed by atoms with Gasteiger partial charge in [-0.15, -0.1) is 0 Å². The Morgan fingerprint density at radius 2 is 1.13 bits per heavy atom. The number of aliphatic hydroxyl groups excluding tert-OH is 2. The van der Waals surface area contributed by atoms with E-state index in [9.17, 15) is 48.6 Å². The molecule has 0 rings (SSSR count). The highest BCUT2D eigenvalue weighted by molar-refractivity contribution is 5.97. The van der Waals surface area contributed by atoms with E-state index < -0.39 is 109 Å². The fourth-order valence-corrected chi connectivity index (χ4v) is 3.92. The van der Waals surface area contributed by atoms with Gasteiger partial charge in [0.15, 0.2) is 0 Å². The number of rotatable bonds is 20. The number of carbonyl (C=O) groups is 8. The predicted octanol–water partition coefficient (Wildman–Crippen LogP) is -4.83. The molecule has 0 saturated carbocycles. The molecule has 0 spiro atoms. The lowest BCUT2D eigenvalue weighted by atomic mass is 9.98. The van der Waals surface area contributed by atoms with E-state index in [0.717, 1.165) is 6.92 Å². The first kappa shape index (κ1) is 42.6. The van der Waals surface area contributed by atoms with Crippen LogP contribution in [0.15, 0.2) is 0 Å². The maximum Gasteiger partial charge on any atom is 0.322 e. The highest BCUT2D eigenvalue weighted by Crippen LogP contribution is 2.09. The van der Waals surface area contributed by atoms with Crippen molar-refractivity contribution in [1.29, 1.82) is 0 Å². The van der Waals surface area contributed by atoms with Crippen molar-refractivity contribution >= 4 is 47.3 Å². The molecule has 0 saturated heterocycles. The van der Waals surface area contributed by atoms with Crippen LogP contribution in [-0.4, -0.2) is 125 Å². The Balaban J connectivity index is 5.54. The van der Waals surface area contributed by atoms with Crippen LogP contribution in [0.5, 0.6) is 0 Å². The number of carboxylic acid groups (broad SMARTS) is 1. The van der Waals surface area contributed by atoms with Gasteiger partial charge in [0.25, 0.3) is 0 Å². The molecule has 0 bridgehead atoms. The van der Waals surface area contributed by atoms with Crippen LogP contribution < -0.4 is 43.0 Å². The summed E-state index contributed by atoms with van der Waals surface area (Å²) in [5.41, 5.74) is 5.34. The summed E-state index contributed by atoms with van der Waals surface area (Å²) in [5.74, 6) is -7.96. The number of aliphatic carboxylic acids is 1. The molecule has 47 heavy (non-hydrogen) atoms. The number of hydrogen-bond donors (Lipinski definition) is 11. The molecular weight excluding hydrogens is 624 g/mol. The summed E-state index contributed by atoms with van der Waals surface area (Å²) in [6.45, 7) is 8.50. The van der Waals surface area contributed by atoms with E-state index in [2.05, 4.69) is 37.2 Å². The monoisotopic (exact) mass is 674 g/mol. The van der Waals surface area contributed by atoms with E-state index in [1.807, 2.05) is 6.92 Å². The molecular formula is C28H50N8O11. The fraction of sp³-hybridized carbons (Fsp3) is 0.714. The van der Waals surface area contributed by atoms with Crippen LogP contribution in [0.2, 0.25) is 0 Å². The highest BCUT2D eigenvalue weighted by atomic mass is 16.4. The molecule has 0 heterocycles. The van der Waals surface area contributed by atoms with Crippen molar-refractivity contribution < 1.29 is 53.7 Å². The zero-order valence-corrected chi connectivity index (χ0v) is 27.7. The third-order valence-electron chi connectivity index (χ3n) is 7.04. The quantitative estimate of drug-likeness (QED) is 0.0580. The molecule has 12 N–H and O–H groups in total. The number of aliphatic hydroxyl groups is 2. The molecule has 19 nitrogen and oxygen atoms in total. The molecule has 0 aromatic carbocycles. The Kier molecular flexibility index (Phi) is 18.8. The average Bonchev–Trinajstić information content (AvgIpc) is 3.00. The topological polar surface area (TPSA) is 307 Å². The van der Waals surface area contributed by atoms with Gasteiger partial charge in [0, 0.05) is 0 Å². The first-order valence-electron chi connectivity index (χ1n) is 15.1. The van der Waals surface area contributed by atoms with Gasteiger partial charge in [0.05, 0.1) is 19.3 Å². The van der Waals surface area contributed by atoms with E-state index in [0.29, 0.717) is 6.42 Å². The van der Waals surface area contributed by atoms with Crippen molar-refractivity contribution in [3.05, 3.63) is 0 Å². The van der Waals surface area contributed by atoms with Crippen LogP contribution in [-0.2, 0) is 38.4 Å². The number of nitrogens with two attached hydrogens (primary N) is 1. The second-order valence-electron chi connectivity index (χ2n) is 11.4. The van der Waals surface area contributed by atoms with Crippen molar-refractivity contribution in [3.8, 4) is 0 Å². The van der Waals surface area contributed by atoms with Crippen LogP contribution >= 0.6 is 0 Å². The molecule has 0 aliphatic heterocycles. The van der Waals surface area contributed by atoms with Gasteiger partial charge in [0.1, 0.15) is 42.8 Å². The summed E-state index contributed by atoms with van der Waals surface area (Å²) in [6, 6.07) is -7.93. The van der Waals surface area contributed by atoms with E-state index in [-0.39, 0.29) is 12.5 Å². The second kappa shape index (κ2) is 20.7. The summed E-state index contributed by atoms with van der Waals surface area (Å²) in [7, 11) is 0. The normalized spacial score (nSPS) is 16.1. The molecule has 0 radical (unpaired) electrons. The van der Waals surface area contributed by atoms with Crippen molar-refractivity contribution in [2.24, 2.45) is 17.6 Å². The van der Waals surface area contributed by atoms with Crippen molar-refractivity contribution in [3.63, 3.8) is 0 Å². The molecule has 268 valence electrons. The van der Waals surface area contributed by atoms with Gasteiger partial charge in [-0.25, -0.2) is 0 Å². The zero-order chi connectivity index (χ0) is 36.6. The lowest BCUT2D eigenvalue weighted by Gasteiger charge is -2.28. The Morgan fingerprint density at radius 1 is 0.638 bits per heavy atom. The summed E-state index contributed by atoms with van der Waals surface area (Å²) in [5, 5.41) is 44.8. The highest BCUT2D eigenvalue weighted by Gasteiger charge is 2.34. The predicted molar refractivity (Wildman–Crippen MR) is 166 cm³/mol. The maximum absolute atomic E-state index is 13.1. The number of carbonyl (C=O) groups excluding carboxylic acids is 7. The minimum atomic E-state index is -1.65. The van der Waals surface area contributed by atoms with Gasteiger partial charge in [-0.05, 0) is 32.6 Å². The first-order valence-corrected chi connectivity index (χ1v) is 15.1. The Hall–Kier alpha value is -4.36. The van der Waals surface area contributed by atoms with Crippen LogP contribution in [0.3, 0.4) is 0 Å². The fourth-order valence-electron chi connectivity index (χ4n) is 3.92. The largest absolute Gasteiger partial charge is 0.480 e. The maximum atomic E-state index is 13.1. The Labute approximate surface area is 272 Å². The van der Waals surface area contributed by atoms with Gasteiger partial charge in [-0.1, -0.05) is 34.1 Å². The van der Waals surface area contributed by atoms with E-state index in [1.54, 1.807) is 20.8 Å². The standard InChI is InChI=1S/C28H50N8O11/c1-8-13(4)21(34-18(39)9-29)27(46)32-15(6)24(43)35-20(12(2)3)26(45)33-17(11-37)25(44)36-22(16(7)38)28(47)31-14(5)23(42)30-10-19(40)41/h12-17,20-22,37-38H,8-11,29H2,1-7H3,(H,30,42)(H,31,47)(H,32,46)(H,33,45)(H,34,39)(H,35,43)(H,36,44)(H,40,41)/t13-,14-,15-,16+,17-,20-,21-,22-/m0/s1. The van der Waals surface area contributed by atoms with Gasteiger partial charge in [-0.2, -0.15) is 0 Å². The van der Waals surface area contributed by atoms with Gasteiger partial charge >= 0.3 is 5.97 Å². The van der Waals surface area contributed by atoms with Gasteiger partial charge in [-0.3, -0.25) is 38.4 Å². The third kappa shape index (κ3) is 14.7. The van der Waals surface area contributed by atoms with Crippen LogP contribution in [0.4, 0.5) is 0 Å². The average molecular weight is 675 g/mol. The van der Waals surface area contributed by atoms with Crippen molar-refractivity contribution in [2.45, 2.75) is 97.2 Å². The molecule has 0 unspecified atom stereocenters. The second-order valence-corrected chi connectivity index (χ2v) is 11.4. The van der Waals surface area contributed by atoms with Crippen LogP contribution in [0.1, 0.15) is 54.9 Å². The number of nitrogens with one attached hydrogen (secondary N) is 7. The summed E-state index contributed by atoms with van der Waals surface area (Å²) >= 11 is 0. The first-order chi connectivity index (χ1) is 21.8. The lowest BCUT2D eigenvalue weighted by molar-refractivity contribution is -0.139. The van der Waals surface area contributed by atoms with Crippen LogP contribution in [0, 0.1) is 11.8 Å². The van der Waals surface area contributed by atoms with E-state index in [1.165, 1.54) is 13.8 Å². The van der Waals surface area contributed by atoms with E-state index in [4.69, 9.17) is 10.8 Å². The number of hydrogen-bond acceptors (Lipinski definition) is 11. The Morgan fingerprint density at radius 3 is 1.57 bits per heavy atom. The minimum Gasteiger partial charge on any atom is -0.480 e. The molecule has 8 atom stereocenters. The summed E-state index contributed by atoms with van der Waals surface area (Å²) in [6.07, 6.45) is -0.974. The molecule has 0 aromatic rings. The van der Waals surface area contributed by atoms with Gasteiger partial charge in [0.2, 0.25) is 41.4 Å². The van der Waals surface area contributed by atoms with Crippen molar-refractivity contribution in [2.75, 3.05) is 19.7 Å². The number of carboxylic acids is 1. The molecule has 0 fully saturated rings. The smallest absolute Gasteiger partial charge is 0.322 e. The van der Waals surface area contributed by atoms with Gasteiger partial charge < -0.3 is 58.3 Å². The lowest BCUT2D eigenvalue weighted by Crippen LogP contribution is -2.62. The molecule has 7 amide bonds. The molecule has 0 aliphatic rings.